The van der Waals surface area contributed by atoms with Gasteiger partial charge in [0, 0.05) is 5.69 Å². The van der Waals surface area contributed by atoms with Gasteiger partial charge in [0.2, 0.25) is 0 Å². The summed E-state index contributed by atoms with van der Waals surface area (Å²) in [7, 11) is 0. The van der Waals surface area contributed by atoms with E-state index >= 15 is 0 Å². The Balaban J connectivity index is 2.90. The minimum atomic E-state index is -1.87. The lowest BCUT2D eigenvalue weighted by molar-refractivity contribution is -0.138. The zero-order chi connectivity index (χ0) is 12.1. The minimum absolute atomic E-state index is 0.235. The Morgan fingerprint density at radius 3 is 2.38 bits per heavy atom. The first-order valence-electron chi connectivity index (χ1n) is 4.60. The smallest absolute Gasteiger partial charge is 0.311 e. The standard InChI is InChI=1S/C11H11F2NO2/c12-10(13)6-5-9(11(15)16)7-1-3-8(14)4-2-7/h1-4,6,9H,5,14H2,(H,15,16). The van der Waals surface area contributed by atoms with Crippen LogP contribution in [0.15, 0.2) is 36.4 Å². The predicted octanol–water partition coefficient (Wildman–Crippen LogP) is 2.61. The van der Waals surface area contributed by atoms with Gasteiger partial charge in [-0.15, -0.1) is 0 Å². The summed E-state index contributed by atoms with van der Waals surface area (Å²) >= 11 is 0. The Bertz CT molecular complexity index is 397. The van der Waals surface area contributed by atoms with Gasteiger partial charge in [-0.05, 0) is 30.2 Å². The lowest BCUT2D eigenvalue weighted by Gasteiger charge is -2.10. The molecule has 0 aromatic heterocycles. The minimum Gasteiger partial charge on any atom is -0.481 e. The second kappa shape index (κ2) is 5.25. The Kier molecular flexibility index (Phi) is 3.99. The molecule has 0 fully saturated rings. The molecular formula is C11H11F2NO2. The lowest BCUT2D eigenvalue weighted by Crippen LogP contribution is -2.10. The van der Waals surface area contributed by atoms with Crippen LogP contribution in [-0.2, 0) is 4.79 Å². The van der Waals surface area contributed by atoms with Crippen molar-refractivity contribution in [2.45, 2.75) is 12.3 Å². The van der Waals surface area contributed by atoms with Crippen molar-refractivity contribution in [2.75, 3.05) is 5.73 Å². The first-order chi connectivity index (χ1) is 7.50. The number of carboxylic acid groups (broad SMARTS) is 1. The molecular weight excluding hydrogens is 216 g/mol. The van der Waals surface area contributed by atoms with Gasteiger partial charge in [-0.2, -0.15) is 8.78 Å². The molecule has 0 saturated carbocycles. The van der Waals surface area contributed by atoms with Gasteiger partial charge < -0.3 is 10.8 Å². The summed E-state index contributed by atoms with van der Waals surface area (Å²) in [6.45, 7) is 0. The molecule has 0 amide bonds. The maximum absolute atomic E-state index is 11.9. The van der Waals surface area contributed by atoms with Gasteiger partial charge in [0.25, 0.3) is 6.08 Å². The number of hydrogen-bond donors (Lipinski definition) is 2. The van der Waals surface area contributed by atoms with Crippen molar-refractivity contribution in [3.63, 3.8) is 0 Å². The molecule has 0 aliphatic rings. The monoisotopic (exact) mass is 227 g/mol. The van der Waals surface area contributed by atoms with Crippen molar-refractivity contribution in [3.05, 3.63) is 42.0 Å². The number of nitrogens with two attached hydrogens (primary N) is 1. The highest BCUT2D eigenvalue weighted by Gasteiger charge is 2.18. The van der Waals surface area contributed by atoms with Crippen LogP contribution in [0, 0.1) is 0 Å². The number of aliphatic carboxylic acids is 1. The predicted molar refractivity (Wildman–Crippen MR) is 56.1 cm³/mol. The second-order valence-corrected chi connectivity index (χ2v) is 3.29. The average Bonchev–Trinajstić information content (AvgIpc) is 2.20. The van der Waals surface area contributed by atoms with Crippen LogP contribution in [0.25, 0.3) is 0 Å². The molecule has 5 heteroatoms. The Labute approximate surface area is 91.2 Å². The summed E-state index contributed by atoms with van der Waals surface area (Å²) in [5.41, 5.74) is 6.40. The first-order valence-corrected chi connectivity index (χ1v) is 4.60. The third-order valence-electron chi connectivity index (χ3n) is 2.14. The van der Waals surface area contributed by atoms with Crippen LogP contribution in [0.2, 0.25) is 0 Å². The number of nitrogen functional groups attached to an aromatic ring is 1. The molecule has 3 nitrogen and oxygen atoms in total. The second-order valence-electron chi connectivity index (χ2n) is 3.29. The third-order valence-corrected chi connectivity index (χ3v) is 2.14. The molecule has 1 atom stereocenters. The summed E-state index contributed by atoms with van der Waals surface area (Å²) < 4.78 is 23.8. The Morgan fingerprint density at radius 2 is 1.94 bits per heavy atom. The van der Waals surface area contributed by atoms with Crippen LogP contribution in [0.1, 0.15) is 17.9 Å². The van der Waals surface area contributed by atoms with E-state index in [0.29, 0.717) is 17.3 Å². The molecule has 1 aromatic carbocycles. The molecule has 0 spiro atoms. The molecule has 16 heavy (non-hydrogen) atoms. The Hall–Kier alpha value is -1.91. The van der Waals surface area contributed by atoms with Gasteiger partial charge in [-0.3, -0.25) is 4.79 Å². The molecule has 0 bridgehead atoms. The fourth-order valence-electron chi connectivity index (χ4n) is 1.31. The maximum Gasteiger partial charge on any atom is 0.311 e. The van der Waals surface area contributed by atoms with E-state index in [4.69, 9.17) is 10.8 Å². The molecule has 1 aromatic rings. The molecule has 0 saturated heterocycles. The van der Waals surface area contributed by atoms with Gasteiger partial charge >= 0.3 is 5.97 Å². The van der Waals surface area contributed by atoms with Gasteiger partial charge in [-0.1, -0.05) is 12.1 Å². The number of carbonyl (C=O) groups is 1. The number of rotatable bonds is 4. The maximum atomic E-state index is 11.9. The lowest BCUT2D eigenvalue weighted by atomic mass is 9.96. The summed E-state index contributed by atoms with van der Waals surface area (Å²) in [6, 6.07) is 6.14. The summed E-state index contributed by atoms with van der Waals surface area (Å²) in [4.78, 5) is 10.9. The quantitative estimate of drug-likeness (QED) is 0.777. The first kappa shape index (κ1) is 12.2. The van der Waals surface area contributed by atoms with E-state index in [1.165, 1.54) is 12.1 Å². The van der Waals surface area contributed by atoms with E-state index in [1.807, 2.05) is 0 Å². The average molecular weight is 227 g/mol. The molecule has 3 N–H and O–H groups in total. The van der Waals surface area contributed by atoms with Crippen LogP contribution < -0.4 is 5.73 Å². The van der Waals surface area contributed by atoms with E-state index < -0.39 is 18.0 Å². The van der Waals surface area contributed by atoms with Crippen LogP contribution >= 0.6 is 0 Å². The van der Waals surface area contributed by atoms with Crippen LogP contribution in [-0.4, -0.2) is 11.1 Å². The van der Waals surface area contributed by atoms with Crippen LogP contribution in [0.4, 0.5) is 14.5 Å². The van der Waals surface area contributed by atoms with Crippen molar-refractivity contribution >= 4 is 11.7 Å². The summed E-state index contributed by atoms with van der Waals surface area (Å²) in [6.07, 6.45) is -1.50. The van der Waals surface area contributed by atoms with Crippen LogP contribution in [0.3, 0.4) is 0 Å². The number of anilines is 1. The number of halogens is 2. The number of hydrogen-bond acceptors (Lipinski definition) is 2. The van der Waals surface area contributed by atoms with E-state index in [-0.39, 0.29) is 6.42 Å². The van der Waals surface area contributed by atoms with E-state index in [0.717, 1.165) is 0 Å². The number of carboxylic acids is 1. The molecule has 0 radical (unpaired) electrons. The summed E-state index contributed by atoms with van der Waals surface area (Å²) in [5.74, 6) is -2.11. The fourth-order valence-corrected chi connectivity index (χ4v) is 1.31. The number of allylic oxidation sites excluding steroid dienone is 1. The molecule has 1 unspecified atom stereocenters. The van der Waals surface area contributed by atoms with E-state index in [1.54, 1.807) is 12.1 Å². The van der Waals surface area contributed by atoms with Crippen molar-refractivity contribution in [3.8, 4) is 0 Å². The van der Waals surface area contributed by atoms with Crippen molar-refractivity contribution in [1.82, 2.24) is 0 Å². The van der Waals surface area contributed by atoms with E-state index in [9.17, 15) is 13.6 Å². The zero-order valence-electron chi connectivity index (χ0n) is 8.36. The largest absolute Gasteiger partial charge is 0.481 e. The molecule has 86 valence electrons. The van der Waals surface area contributed by atoms with Gasteiger partial charge in [0.1, 0.15) is 0 Å². The highest BCUT2D eigenvalue weighted by atomic mass is 19.3. The topological polar surface area (TPSA) is 63.3 Å². The summed E-state index contributed by atoms with van der Waals surface area (Å²) in [5, 5.41) is 8.90. The van der Waals surface area contributed by atoms with Crippen LogP contribution in [0.5, 0.6) is 0 Å². The van der Waals surface area contributed by atoms with Gasteiger partial charge in [0.05, 0.1) is 5.92 Å². The fraction of sp³-hybridized carbons (Fsp3) is 0.182. The molecule has 0 heterocycles. The molecule has 1 rings (SSSR count). The Morgan fingerprint density at radius 1 is 1.38 bits per heavy atom. The molecule has 0 aliphatic carbocycles. The van der Waals surface area contributed by atoms with Gasteiger partial charge in [-0.25, -0.2) is 0 Å². The highest BCUT2D eigenvalue weighted by molar-refractivity contribution is 5.76. The SMILES string of the molecule is Nc1ccc(C(CC=C(F)F)C(=O)O)cc1. The normalized spacial score (nSPS) is 11.9. The molecule has 0 aliphatic heterocycles. The third kappa shape index (κ3) is 3.34. The highest BCUT2D eigenvalue weighted by Crippen LogP contribution is 2.22. The van der Waals surface area contributed by atoms with Gasteiger partial charge in [0.15, 0.2) is 0 Å². The van der Waals surface area contributed by atoms with Crippen molar-refractivity contribution < 1.29 is 18.7 Å². The van der Waals surface area contributed by atoms with Crippen molar-refractivity contribution in [1.29, 1.82) is 0 Å². The zero-order valence-corrected chi connectivity index (χ0v) is 8.36. The number of benzene rings is 1. The van der Waals surface area contributed by atoms with E-state index in [2.05, 4.69) is 0 Å². The van der Waals surface area contributed by atoms with Crippen molar-refractivity contribution in [2.24, 2.45) is 0 Å².